The lowest BCUT2D eigenvalue weighted by Crippen LogP contribution is -2.50. The Bertz CT molecular complexity index is 2150. The number of imide groups is 1. The average Bonchev–Trinajstić information content (AvgIpc) is 3.85. The van der Waals surface area contributed by atoms with Gasteiger partial charge in [-0.2, -0.15) is 4.98 Å². The van der Waals surface area contributed by atoms with E-state index in [-0.39, 0.29) is 40.8 Å². The van der Waals surface area contributed by atoms with Crippen molar-refractivity contribution in [3.63, 3.8) is 0 Å². The molecule has 2 amide bonds. The van der Waals surface area contributed by atoms with Crippen molar-refractivity contribution < 1.29 is 14.4 Å². The smallest absolute Gasteiger partial charge is 0.263 e. The van der Waals surface area contributed by atoms with Gasteiger partial charge < -0.3 is 15.1 Å². The Morgan fingerprint density at radius 1 is 0.981 bits per heavy atom. The summed E-state index contributed by atoms with van der Waals surface area (Å²) < 4.78 is 1.72. The largest absolute Gasteiger partial charge is 0.373 e. The molecule has 54 heavy (non-hydrogen) atoms. The third-order valence-electron chi connectivity index (χ3n) is 11.8. The number of piperidine rings is 1. The second-order valence-corrected chi connectivity index (χ2v) is 15.2. The maximum absolute atomic E-state index is 13.6. The predicted molar refractivity (Wildman–Crippen MR) is 207 cm³/mol. The minimum Gasteiger partial charge on any atom is -0.373 e. The maximum Gasteiger partial charge on any atom is 0.263 e. The number of anilines is 4. The van der Waals surface area contributed by atoms with Crippen LogP contribution < -0.4 is 26.0 Å². The molecule has 6 heterocycles. The molecule has 8 rings (SSSR count). The molecule has 3 aliphatic heterocycles. The number of rotatable bonds is 10. The van der Waals surface area contributed by atoms with Gasteiger partial charge in [0, 0.05) is 89.1 Å². The lowest BCUT2D eigenvalue weighted by molar-refractivity contribution is -0.137. The molecule has 1 aromatic carbocycles. The molecule has 14 heteroatoms. The van der Waals surface area contributed by atoms with Crippen LogP contribution in [0.5, 0.6) is 0 Å². The molecule has 3 aromatic heterocycles. The van der Waals surface area contributed by atoms with Gasteiger partial charge in [-0.05, 0) is 68.0 Å². The summed E-state index contributed by atoms with van der Waals surface area (Å²) in [6.07, 6.45) is 8.41. The van der Waals surface area contributed by atoms with Crippen LogP contribution >= 0.6 is 0 Å². The molecule has 1 unspecified atom stereocenters. The Labute approximate surface area is 314 Å². The van der Waals surface area contributed by atoms with Gasteiger partial charge in [0.2, 0.25) is 17.8 Å². The fourth-order valence-corrected chi connectivity index (χ4v) is 8.75. The van der Waals surface area contributed by atoms with E-state index >= 15 is 0 Å². The van der Waals surface area contributed by atoms with Crippen molar-refractivity contribution >= 4 is 51.8 Å². The van der Waals surface area contributed by atoms with Gasteiger partial charge in [0.1, 0.15) is 11.5 Å². The van der Waals surface area contributed by atoms with Crippen LogP contribution in [-0.4, -0.2) is 99.3 Å². The number of hydrogen-bond acceptors (Lipinski definition) is 12. The number of aromatic nitrogens is 4. The molecule has 1 atom stereocenters. The second-order valence-electron chi connectivity index (χ2n) is 15.2. The highest BCUT2D eigenvalue weighted by Crippen LogP contribution is 2.34. The number of hydrogen-bond donors (Lipinski definition) is 2. The second kappa shape index (κ2) is 14.9. The Morgan fingerprint density at radius 3 is 2.50 bits per heavy atom. The highest BCUT2D eigenvalue weighted by molar-refractivity contribution is 6.00. The first-order valence-corrected chi connectivity index (χ1v) is 19.2. The number of fused-ring (bicyclic) bond motifs is 2. The SMILES string of the molecule is CC(=O)c1c(C)c2cnc(Nc3ccc(N4CCN(CCN(C)c5cccc6c5CN(C5CCC(=O)NC5=O)C6)CC4)cn3)nc2n(C2CCCC2)c1=O. The molecule has 4 aromatic rings. The van der Waals surface area contributed by atoms with Crippen molar-refractivity contribution in [1.29, 1.82) is 0 Å². The van der Waals surface area contributed by atoms with Crippen LogP contribution in [0, 0.1) is 6.92 Å². The van der Waals surface area contributed by atoms with Crippen LogP contribution in [0.15, 0.2) is 47.5 Å². The molecule has 3 fully saturated rings. The zero-order valence-corrected chi connectivity index (χ0v) is 31.3. The summed E-state index contributed by atoms with van der Waals surface area (Å²) in [6, 6.07) is 10.2. The van der Waals surface area contributed by atoms with E-state index in [1.807, 2.05) is 12.3 Å². The molecule has 2 N–H and O–H groups in total. The number of carbonyl (C=O) groups excluding carboxylic acids is 3. The van der Waals surface area contributed by atoms with Gasteiger partial charge in [-0.1, -0.05) is 25.0 Å². The van der Waals surface area contributed by atoms with Gasteiger partial charge in [0.05, 0.1) is 23.5 Å². The molecule has 0 bridgehead atoms. The molecule has 2 saturated heterocycles. The maximum atomic E-state index is 13.6. The topological polar surface area (TPSA) is 149 Å². The van der Waals surface area contributed by atoms with Crippen LogP contribution in [-0.2, 0) is 22.7 Å². The lowest BCUT2D eigenvalue weighted by Gasteiger charge is -2.37. The summed E-state index contributed by atoms with van der Waals surface area (Å²) in [6.45, 7) is 10.2. The molecule has 14 nitrogen and oxygen atoms in total. The first kappa shape index (κ1) is 35.8. The number of piperazine rings is 1. The zero-order chi connectivity index (χ0) is 37.5. The van der Waals surface area contributed by atoms with Gasteiger partial charge >= 0.3 is 0 Å². The van der Waals surface area contributed by atoms with E-state index in [9.17, 15) is 19.2 Å². The summed E-state index contributed by atoms with van der Waals surface area (Å²) in [5, 5.41) is 6.45. The van der Waals surface area contributed by atoms with E-state index in [0.717, 1.165) is 77.2 Å². The van der Waals surface area contributed by atoms with Gasteiger partial charge in [-0.3, -0.25) is 38.9 Å². The number of Topliss-reactive ketones (excluding diaryl/α,β-unsaturated/α-hetero) is 1. The normalized spacial score (nSPS) is 19.7. The standard InChI is InChI=1S/C40H48N10O4/c1-25-30-22-42-40(45-37(30)50(28-8-4-5-9-28)39(54)36(25)26(2)51)43-34-13-11-29(21-41-34)48-19-17-47(18-20-48)16-15-46(3)32-10-6-7-27-23-49(24-31(27)32)33-12-14-35(52)44-38(33)53/h6-7,10-11,13,21-22,28,33H,4-5,8-9,12,14-20,23-24H2,1-3H3,(H,44,52,53)(H,41,42,43,45). The third-order valence-corrected chi connectivity index (χ3v) is 11.8. The van der Waals surface area contributed by atoms with E-state index in [2.05, 4.69) is 71.5 Å². The molecule has 0 radical (unpaired) electrons. The highest BCUT2D eigenvalue weighted by Gasteiger charge is 2.36. The third kappa shape index (κ3) is 6.95. The predicted octanol–water partition coefficient (Wildman–Crippen LogP) is 3.94. The van der Waals surface area contributed by atoms with Crippen molar-refractivity contribution in [3.05, 3.63) is 75.3 Å². The van der Waals surface area contributed by atoms with Crippen molar-refractivity contribution in [2.75, 3.05) is 61.4 Å². The molecule has 4 aliphatic rings. The number of nitrogens with zero attached hydrogens (tertiary/aromatic N) is 8. The molecule has 282 valence electrons. The summed E-state index contributed by atoms with van der Waals surface area (Å²) in [5.74, 6) is 0.372. The number of pyridine rings is 2. The number of nitrogens with one attached hydrogen (secondary N) is 2. The average molecular weight is 733 g/mol. The summed E-state index contributed by atoms with van der Waals surface area (Å²) in [5.41, 5.74) is 5.92. The first-order chi connectivity index (χ1) is 26.1. The number of carbonyl (C=O) groups is 3. The fourth-order valence-electron chi connectivity index (χ4n) is 8.75. The summed E-state index contributed by atoms with van der Waals surface area (Å²) in [4.78, 5) is 73.6. The van der Waals surface area contributed by atoms with E-state index in [1.165, 1.54) is 23.7 Å². The quantitative estimate of drug-likeness (QED) is 0.180. The van der Waals surface area contributed by atoms with Gasteiger partial charge in [0.15, 0.2) is 5.78 Å². The van der Waals surface area contributed by atoms with Crippen molar-refractivity contribution in [1.82, 2.24) is 34.6 Å². The first-order valence-electron chi connectivity index (χ1n) is 19.2. The van der Waals surface area contributed by atoms with Crippen LogP contribution in [0.3, 0.4) is 0 Å². The number of likely N-dealkylation sites (N-methyl/N-ethyl adjacent to an activating group) is 1. The van der Waals surface area contributed by atoms with Crippen molar-refractivity contribution in [3.8, 4) is 0 Å². The molecule has 1 saturated carbocycles. The minimum atomic E-state index is -0.266. The Hall–Kier alpha value is -5.21. The molecular weight excluding hydrogens is 685 g/mol. The molecule has 0 spiro atoms. The number of aryl methyl sites for hydroxylation is 1. The zero-order valence-electron chi connectivity index (χ0n) is 31.3. The summed E-state index contributed by atoms with van der Waals surface area (Å²) in [7, 11) is 2.14. The Morgan fingerprint density at radius 2 is 1.78 bits per heavy atom. The number of amides is 2. The van der Waals surface area contributed by atoms with Crippen molar-refractivity contribution in [2.24, 2.45) is 0 Å². The number of ketones is 1. The van der Waals surface area contributed by atoms with E-state index < -0.39 is 0 Å². The Balaban J connectivity index is 0.865. The minimum absolute atomic E-state index is 0.0183. The van der Waals surface area contributed by atoms with Gasteiger partial charge in [-0.15, -0.1) is 0 Å². The fraction of sp³-hybridized carbons (Fsp3) is 0.475. The molecule has 1 aliphatic carbocycles. The summed E-state index contributed by atoms with van der Waals surface area (Å²) >= 11 is 0. The van der Waals surface area contributed by atoms with E-state index in [0.29, 0.717) is 47.7 Å². The van der Waals surface area contributed by atoms with Gasteiger partial charge in [0.25, 0.3) is 5.56 Å². The van der Waals surface area contributed by atoms with Crippen LogP contribution in [0.4, 0.5) is 23.1 Å². The van der Waals surface area contributed by atoms with Crippen LogP contribution in [0.2, 0.25) is 0 Å². The van der Waals surface area contributed by atoms with Crippen LogP contribution in [0.25, 0.3) is 11.0 Å². The lowest BCUT2D eigenvalue weighted by atomic mass is 10.0. The van der Waals surface area contributed by atoms with Crippen LogP contribution in [0.1, 0.15) is 78.5 Å². The van der Waals surface area contributed by atoms with Gasteiger partial charge in [-0.25, -0.2) is 9.97 Å². The highest BCUT2D eigenvalue weighted by atomic mass is 16.2. The van der Waals surface area contributed by atoms with E-state index in [1.54, 1.807) is 17.7 Å². The Kier molecular flexibility index (Phi) is 9.88. The molecular formula is C40H48N10O4. The monoisotopic (exact) mass is 732 g/mol. The van der Waals surface area contributed by atoms with Crippen molar-refractivity contribution in [2.45, 2.75) is 77.5 Å². The number of benzene rings is 1. The van der Waals surface area contributed by atoms with E-state index in [4.69, 9.17) is 4.98 Å².